The summed E-state index contributed by atoms with van der Waals surface area (Å²) in [6, 6.07) is 15.0. The number of anilines is 1. The highest BCUT2D eigenvalue weighted by Gasteiger charge is 2.35. The van der Waals surface area contributed by atoms with Gasteiger partial charge in [0.15, 0.2) is 0 Å². The summed E-state index contributed by atoms with van der Waals surface area (Å²) in [6.07, 6.45) is 1.10. The minimum absolute atomic E-state index is 0.0531. The third-order valence-electron chi connectivity index (χ3n) is 5.12. The van der Waals surface area contributed by atoms with Crippen molar-refractivity contribution in [3.05, 3.63) is 64.6 Å². The number of fused-ring (bicyclic) bond motifs is 4. The fraction of sp³-hybridized carbons (Fsp3) is 0.350. The van der Waals surface area contributed by atoms with E-state index in [0.29, 0.717) is 17.6 Å². The maximum atomic E-state index is 12.1. The molecule has 2 aliphatic rings. The van der Waals surface area contributed by atoms with E-state index in [2.05, 4.69) is 16.3 Å². The number of aromatic nitrogens is 1. The number of carbonyl (C=O) groups is 1. The first-order valence-corrected chi connectivity index (χ1v) is 10.5. The van der Waals surface area contributed by atoms with Crippen LogP contribution in [0.15, 0.2) is 53.3 Å². The molecule has 1 aromatic heterocycles. The number of nitrogens with zero attached hydrogens (tertiary/aromatic N) is 2. The highest BCUT2D eigenvalue weighted by molar-refractivity contribution is 8.23. The van der Waals surface area contributed by atoms with Crippen LogP contribution in [0.2, 0.25) is 0 Å². The lowest BCUT2D eigenvalue weighted by atomic mass is 9.83. The number of carbonyl (C=O) groups excluding carboxylic acids is 1. The minimum atomic E-state index is -0.0531. The van der Waals surface area contributed by atoms with Crippen molar-refractivity contribution in [2.24, 2.45) is 5.92 Å². The molecular weight excluding hydrogens is 378 g/mol. The largest absolute Gasteiger partial charge is 0.356 e. The number of piperidine rings is 1. The van der Waals surface area contributed by atoms with E-state index in [1.54, 1.807) is 6.07 Å². The molecule has 0 unspecified atom stereocenters. The van der Waals surface area contributed by atoms with Gasteiger partial charge in [0, 0.05) is 43.0 Å². The molecule has 0 aliphatic carbocycles. The zero-order chi connectivity index (χ0) is 18.8. The number of benzene rings is 1. The van der Waals surface area contributed by atoms with Crippen LogP contribution in [-0.2, 0) is 11.3 Å². The first-order valence-electron chi connectivity index (χ1n) is 9.06. The van der Waals surface area contributed by atoms with E-state index in [0.717, 1.165) is 41.8 Å². The van der Waals surface area contributed by atoms with Gasteiger partial charge < -0.3 is 14.8 Å². The maximum absolute atomic E-state index is 12.1. The van der Waals surface area contributed by atoms with Crippen molar-refractivity contribution in [3.8, 4) is 0 Å². The van der Waals surface area contributed by atoms with E-state index in [1.807, 2.05) is 41.0 Å². The first-order chi connectivity index (χ1) is 13.1. The summed E-state index contributed by atoms with van der Waals surface area (Å²) in [7, 11) is 0. The minimum Gasteiger partial charge on any atom is -0.356 e. The molecule has 1 aromatic carbocycles. The topological polar surface area (TPSA) is 54.3 Å². The van der Waals surface area contributed by atoms with E-state index in [4.69, 9.17) is 12.2 Å². The highest BCUT2D eigenvalue weighted by atomic mass is 32.2. The Labute approximate surface area is 167 Å². The Morgan fingerprint density at radius 3 is 2.74 bits per heavy atom. The van der Waals surface area contributed by atoms with Crippen molar-refractivity contribution in [2.45, 2.75) is 18.9 Å². The zero-order valence-corrected chi connectivity index (χ0v) is 16.5. The maximum Gasteiger partial charge on any atom is 0.250 e. The van der Waals surface area contributed by atoms with E-state index in [1.165, 1.54) is 11.8 Å². The van der Waals surface area contributed by atoms with Gasteiger partial charge in [-0.2, -0.15) is 0 Å². The summed E-state index contributed by atoms with van der Waals surface area (Å²) < 4.78 is 2.68. The zero-order valence-electron chi connectivity index (χ0n) is 14.8. The summed E-state index contributed by atoms with van der Waals surface area (Å²) in [5.74, 6) is 0.995. The smallest absolute Gasteiger partial charge is 0.250 e. The number of para-hydroxylation sites is 1. The molecule has 5 nitrogen and oxygen atoms in total. The third-order valence-corrected chi connectivity index (χ3v) is 6.65. The summed E-state index contributed by atoms with van der Waals surface area (Å²) in [4.78, 5) is 26.5. The predicted octanol–water partition coefficient (Wildman–Crippen LogP) is 2.92. The monoisotopic (exact) mass is 399 g/mol. The lowest BCUT2D eigenvalue weighted by Crippen LogP contribution is -2.48. The van der Waals surface area contributed by atoms with E-state index >= 15 is 0 Å². The number of nitrogens with one attached hydrogen (secondary N) is 1. The van der Waals surface area contributed by atoms with E-state index < -0.39 is 0 Å². The Balaban J connectivity index is 1.35. The summed E-state index contributed by atoms with van der Waals surface area (Å²) in [5, 5.41) is 2.88. The van der Waals surface area contributed by atoms with Crippen molar-refractivity contribution >= 4 is 39.9 Å². The second kappa shape index (κ2) is 7.86. The molecule has 2 aliphatic heterocycles. The van der Waals surface area contributed by atoms with Crippen LogP contribution in [0, 0.1) is 5.92 Å². The summed E-state index contributed by atoms with van der Waals surface area (Å²) in [6.45, 7) is 2.42. The molecule has 0 spiro atoms. The fourth-order valence-corrected chi connectivity index (χ4v) is 4.97. The van der Waals surface area contributed by atoms with Gasteiger partial charge in [0.1, 0.15) is 4.32 Å². The highest BCUT2D eigenvalue weighted by Crippen LogP contribution is 2.35. The van der Waals surface area contributed by atoms with Crippen LogP contribution in [0.5, 0.6) is 0 Å². The molecule has 1 amide bonds. The number of thiocarbonyl (C=S) groups is 1. The van der Waals surface area contributed by atoms with E-state index in [9.17, 15) is 9.59 Å². The van der Waals surface area contributed by atoms with Crippen LogP contribution in [-0.4, -0.2) is 38.5 Å². The molecule has 0 saturated carbocycles. The molecule has 7 heteroatoms. The van der Waals surface area contributed by atoms with Gasteiger partial charge in [-0.1, -0.05) is 48.2 Å². The summed E-state index contributed by atoms with van der Waals surface area (Å²) >= 11 is 7.01. The molecule has 2 bridgehead atoms. The van der Waals surface area contributed by atoms with Crippen LogP contribution >= 0.6 is 24.0 Å². The summed E-state index contributed by atoms with van der Waals surface area (Å²) in [5.41, 5.74) is 1.99. The number of rotatable bonds is 3. The van der Waals surface area contributed by atoms with Crippen LogP contribution in [0.25, 0.3) is 0 Å². The van der Waals surface area contributed by atoms with Crippen LogP contribution < -0.4 is 10.9 Å². The second-order valence-electron chi connectivity index (χ2n) is 7.07. The van der Waals surface area contributed by atoms with Gasteiger partial charge in [-0.25, -0.2) is 0 Å². The van der Waals surface area contributed by atoms with Gasteiger partial charge in [-0.3, -0.25) is 9.59 Å². The Bertz CT molecular complexity index is 913. The van der Waals surface area contributed by atoms with Gasteiger partial charge in [0.05, 0.1) is 5.75 Å². The van der Waals surface area contributed by atoms with Crippen LogP contribution in [0.3, 0.4) is 0 Å². The molecule has 0 radical (unpaired) electrons. The van der Waals surface area contributed by atoms with Gasteiger partial charge in [-0.15, -0.1) is 0 Å². The average Bonchev–Trinajstić information content (AvgIpc) is 2.67. The van der Waals surface area contributed by atoms with Crippen molar-refractivity contribution in [1.82, 2.24) is 9.47 Å². The molecule has 2 aromatic rings. The van der Waals surface area contributed by atoms with Gasteiger partial charge in [0.2, 0.25) is 5.91 Å². The molecule has 27 heavy (non-hydrogen) atoms. The lowest BCUT2D eigenvalue weighted by molar-refractivity contribution is -0.113. The Morgan fingerprint density at radius 1 is 1.11 bits per heavy atom. The molecule has 140 valence electrons. The number of hydrogen-bond donors (Lipinski definition) is 1. The Morgan fingerprint density at radius 2 is 1.93 bits per heavy atom. The van der Waals surface area contributed by atoms with Crippen molar-refractivity contribution < 1.29 is 4.79 Å². The molecule has 2 atom stereocenters. The molecule has 1 N–H and O–H groups in total. The quantitative estimate of drug-likeness (QED) is 0.805. The van der Waals surface area contributed by atoms with Gasteiger partial charge in [0.25, 0.3) is 5.56 Å². The fourth-order valence-electron chi connectivity index (χ4n) is 3.98. The SMILES string of the molecule is O=C(CSC(=S)N1C[C@@H]2C[C@@H](C1)c1cccc(=O)n1C2)Nc1ccccc1. The van der Waals surface area contributed by atoms with E-state index in [-0.39, 0.29) is 11.5 Å². The molecule has 1 saturated heterocycles. The number of amides is 1. The van der Waals surface area contributed by atoms with Crippen LogP contribution in [0.1, 0.15) is 18.0 Å². The standard InChI is InChI=1S/C20H21N3O2S2/c24-18(21-16-5-2-1-3-6-16)13-27-20(26)22-10-14-9-15(12-22)17-7-4-8-19(25)23(17)11-14/h1-8,14-15H,9-13H2,(H,21,24)/t14-,15-/m0/s1. The van der Waals surface area contributed by atoms with Crippen molar-refractivity contribution in [1.29, 1.82) is 0 Å². The predicted molar refractivity (Wildman–Crippen MR) is 113 cm³/mol. The Hall–Kier alpha value is -2.12. The molecule has 4 rings (SSSR count). The molecule has 3 heterocycles. The second-order valence-corrected chi connectivity index (χ2v) is 8.68. The number of hydrogen-bond acceptors (Lipinski definition) is 4. The Kier molecular flexibility index (Phi) is 5.31. The number of pyridine rings is 1. The third kappa shape index (κ3) is 4.09. The van der Waals surface area contributed by atoms with Crippen molar-refractivity contribution in [3.63, 3.8) is 0 Å². The van der Waals surface area contributed by atoms with Gasteiger partial charge >= 0.3 is 0 Å². The van der Waals surface area contributed by atoms with Crippen molar-refractivity contribution in [2.75, 3.05) is 24.2 Å². The average molecular weight is 400 g/mol. The normalized spacial score (nSPS) is 20.7. The lowest BCUT2D eigenvalue weighted by Gasteiger charge is -2.43. The van der Waals surface area contributed by atoms with Gasteiger partial charge in [-0.05, 0) is 30.5 Å². The number of likely N-dealkylation sites (tertiary alicyclic amines) is 1. The van der Waals surface area contributed by atoms with Crippen LogP contribution in [0.4, 0.5) is 5.69 Å². The first kappa shape index (κ1) is 18.3. The molecular formula is C20H21N3O2S2. The molecule has 1 fully saturated rings. The number of thioether (sulfide) groups is 1.